The third-order valence-corrected chi connectivity index (χ3v) is 3.03. The molecule has 0 bridgehead atoms. The molecule has 1 aromatic carbocycles. The second kappa shape index (κ2) is 4.07. The van der Waals surface area contributed by atoms with Gasteiger partial charge in [0, 0.05) is 11.2 Å². The first kappa shape index (κ1) is 10.2. The molecular formula is C13H18N2. The summed E-state index contributed by atoms with van der Waals surface area (Å²) in [5.41, 5.74) is 9.53. The number of H-pyrrole nitrogens is 1. The number of fused-ring (bicyclic) bond motifs is 1. The SMILES string of the molecule is CCC(CN)c1ccc2[nH]c(C)cc2c1. The second-order valence-electron chi connectivity index (χ2n) is 4.14. The Balaban J connectivity index is 2.45. The Hall–Kier alpha value is -1.28. The highest BCUT2D eigenvalue weighted by Crippen LogP contribution is 2.23. The molecule has 2 rings (SSSR count). The van der Waals surface area contributed by atoms with Crippen LogP contribution in [0.2, 0.25) is 0 Å². The fourth-order valence-corrected chi connectivity index (χ4v) is 2.09. The van der Waals surface area contributed by atoms with E-state index in [1.807, 2.05) is 0 Å². The van der Waals surface area contributed by atoms with Crippen molar-refractivity contribution in [3.63, 3.8) is 0 Å². The molecule has 3 N–H and O–H groups in total. The minimum atomic E-state index is 0.490. The molecule has 0 aliphatic heterocycles. The van der Waals surface area contributed by atoms with Gasteiger partial charge in [-0.3, -0.25) is 0 Å². The summed E-state index contributed by atoms with van der Waals surface area (Å²) in [5, 5.41) is 1.29. The van der Waals surface area contributed by atoms with Crippen molar-refractivity contribution in [3.8, 4) is 0 Å². The Labute approximate surface area is 90.5 Å². The maximum absolute atomic E-state index is 5.76. The van der Waals surface area contributed by atoms with Crippen LogP contribution in [0.25, 0.3) is 10.9 Å². The third kappa shape index (κ3) is 1.90. The minimum Gasteiger partial charge on any atom is -0.359 e. The van der Waals surface area contributed by atoms with Gasteiger partial charge in [-0.05, 0) is 55.0 Å². The summed E-state index contributed by atoms with van der Waals surface area (Å²) >= 11 is 0. The van der Waals surface area contributed by atoms with E-state index >= 15 is 0 Å². The van der Waals surface area contributed by atoms with E-state index in [0.29, 0.717) is 5.92 Å². The number of aryl methyl sites for hydroxylation is 1. The Bertz CT molecular complexity index is 453. The summed E-state index contributed by atoms with van der Waals surface area (Å²) < 4.78 is 0. The lowest BCUT2D eigenvalue weighted by molar-refractivity contribution is 0.675. The molecule has 0 fully saturated rings. The van der Waals surface area contributed by atoms with Gasteiger partial charge in [-0.25, -0.2) is 0 Å². The summed E-state index contributed by atoms with van der Waals surface area (Å²) in [5.74, 6) is 0.490. The van der Waals surface area contributed by atoms with Crippen molar-refractivity contribution in [2.24, 2.45) is 5.73 Å². The maximum Gasteiger partial charge on any atom is 0.0456 e. The van der Waals surface area contributed by atoms with Crippen LogP contribution in [0, 0.1) is 6.92 Å². The number of benzene rings is 1. The highest BCUT2D eigenvalue weighted by Gasteiger charge is 2.08. The van der Waals surface area contributed by atoms with Crippen molar-refractivity contribution in [3.05, 3.63) is 35.5 Å². The molecule has 0 aliphatic rings. The maximum atomic E-state index is 5.76. The molecule has 1 unspecified atom stereocenters. The van der Waals surface area contributed by atoms with Crippen LogP contribution in [0.4, 0.5) is 0 Å². The first-order valence-electron chi connectivity index (χ1n) is 5.54. The predicted octanol–water partition coefficient (Wildman–Crippen LogP) is 2.93. The van der Waals surface area contributed by atoms with E-state index in [0.717, 1.165) is 13.0 Å². The molecule has 1 aromatic heterocycles. The summed E-state index contributed by atoms with van der Waals surface area (Å²) in [6, 6.07) is 8.76. The summed E-state index contributed by atoms with van der Waals surface area (Å²) in [6.07, 6.45) is 1.10. The van der Waals surface area contributed by atoms with Gasteiger partial charge in [0.2, 0.25) is 0 Å². The number of hydrogen-bond donors (Lipinski definition) is 2. The summed E-state index contributed by atoms with van der Waals surface area (Å²) in [4.78, 5) is 3.33. The van der Waals surface area contributed by atoms with E-state index in [2.05, 4.69) is 43.1 Å². The van der Waals surface area contributed by atoms with Gasteiger partial charge < -0.3 is 10.7 Å². The average Bonchev–Trinajstić information content (AvgIpc) is 2.59. The van der Waals surface area contributed by atoms with Gasteiger partial charge in [0.1, 0.15) is 0 Å². The topological polar surface area (TPSA) is 41.8 Å². The molecule has 1 heterocycles. The lowest BCUT2D eigenvalue weighted by Crippen LogP contribution is -2.11. The van der Waals surface area contributed by atoms with E-state index in [1.54, 1.807) is 0 Å². The number of aromatic amines is 1. The average molecular weight is 202 g/mol. The van der Waals surface area contributed by atoms with Crippen molar-refractivity contribution < 1.29 is 0 Å². The van der Waals surface area contributed by atoms with Crippen molar-refractivity contribution in [2.45, 2.75) is 26.2 Å². The normalized spacial score (nSPS) is 13.3. The number of hydrogen-bond acceptors (Lipinski definition) is 1. The van der Waals surface area contributed by atoms with Gasteiger partial charge in [0.05, 0.1) is 0 Å². The summed E-state index contributed by atoms with van der Waals surface area (Å²) in [7, 11) is 0. The summed E-state index contributed by atoms with van der Waals surface area (Å²) in [6.45, 7) is 5.00. The highest BCUT2D eigenvalue weighted by molar-refractivity contribution is 5.81. The number of nitrogens with two attached hydrogens (primary N) is 1. The molecule has 0 saturated heterocycles. The molecule has 80 valence electrons. The van der Waals surface area contributed by atoms with Crippen molar-refractivity contribution >= 4 is 10.9 Å². The zero-order chi connectivity index (χ0) is 10.8. The molecule has 15 heavy (non-hydrogen) atoms. The smallest absolute Gasteiger partial charge is 0.0456 e. The van der Waals surface area contributed by atoms with E-state index in [1.165, 1.54) is 22.2 Å². The number of nitrogens with one attached hydrogen (secondary N) is 1. The zero-order valence-electron chi connectivity index (χ0n) is 9.38. The van der Waals surface area contributed by atoms with Gasteiger partial charge in [-0.15, -0.1) is 0 Å². The fraction of sp³-hybridized carbons (Fsp3) is 0.385. The molecule has 0 aliphatic carbocycles. The highest BCUT2D eigenvalue weighted by atomic mass is 14.7. The molecule has 0 spiro atoms. The monoisotopic (exact) mass is 202 g/mol. The van der Waals surface area contributed by atoms with Crippen LogP contribution < -0.4 is 5.73 Å². The van der Waals surface area contributed by atoms with Crippen molar-refractivity contribution in [1.29, 1.82) is 0 Å². The first-order chi connectivity index (χ1) is 7.24. The van der Waals surface area contributed by atoms with Crippen LogP contribution in [0.1, 0.15) is 30.5 Å². The molecule has 2 nitrogen and oxygen atoms in total. The van der Waals surface area contributed by atoms with Gasteiger partial charge in [0.25, 0.3) is 0 Å². The quantitative estimate of drug-likeness (QED) is 0.789. The molecular weight excluding hydrogens is 184 g/mol. The van der Waals surface area contributed by atoms with Crippen LogP contribution >= 0.6 is 0 Å². The van der Waals surface area contributed by atoms with Crippen LogP contribution in [0.3, 0.4) is 0 Å². The Morgan fingerprint density at radius 3 is 2.80 bits per heavy atom. The van der Waals surface area contributed by atoms with Gasteiger partial charge >= 0.3 is 0 Å². The van der Waals surface area contributed by atoms with Gasteiger partial charge in [-0.2, -0.15) is 0 Å². The van der Waals surface area contributed by atoms with Gasteiger partial charge in [-0.1, -0.05) is 13.0 Å². The Kier molecular flexibility index (Phi) is 2.78. The first-order valence-corrected chi connectivity index (χ1v) is 5.54. The molecule has 2 aromatic rings. The van der Waals surface area contributed by atoms with E-state index in [4.69, 9.17) is 5.73 Å². The number of rotatable bonds is 3. The van der Waals surface area contributed by atoms with Crippen molar-refractivity contribution in [2.75, 3.05) is 6.54 Å². The standard InChI is InChI=1S/C13H18N2/c1-3-10(8-14)11-4-5-13-12(7-11)6-9(2)15-13/h4-7,10,15H,3,8,14H2,1-2H3. The van der Waals surface area contributed by atoms with Crippen LogP contribution in [-0.4, -0.2) is 11.5 Å². The van der Waals surface area contributed by atoms with Gasteiger partial charge in [0.15, 0.2) is 0 Å². The third-order valence-electron chi connectivity index (χ3n) is 3.03. The van der Waals surface area contributed by atoms with E-state index in [-0.39, 0.29) is 0 Å². The lowest BCUT2D eigenvalue weighted by atomic mass is 9.96. The molecule has 1 atom stereocenters. The second-order valence-corrected chi connectivity index (χ2v) is 4.14. The molecule has 0 saturated carbocycles. The largest absolute Gasteiger partial charge is 0.359 e. The molecule has 0 radical (unpaired) electrons. The fourth-order valence-electron chi connectivity index (χ4n) is 2.09. The van der Waals surface area contributed by atoms with Crippen LogP contribution in [0.15, 0.2) is 24.3 Å². The number of aromatic nitrogens is 1. The zero-order valence-corrected chi connectivity index (χ0v) is 9.38. The molecule has 0 amide bonds. The Morgan fingerprint density at radius 2 is 2.13 bits per heavy atom. The predicted molar refractivity (Wildman–Crippen MR) is 65.1 cm³/mol. The van der Waals surface area contributed by atoms with Crippen LogP contribution in [0.5, 0.6) is 0 Å². The van der Waals surface area contributed by atoms with E-state index < -0.39 is 0 Å². The molecule has 2 heteroatoms. The Morgan fingerprint density at radius 1 is 1.33 bits per heavy atom. The van der Waals surface area contributed by atoms with Crippen LogP contribution in [-0.2, 0) is 0 Å². The lowest BCUT2D eigenvalue weighted by Gasteiger charge is -2.12. The van der Waals surface area contributed by atoms with Crippen molar-refractivity contribution in [1.82, 2.24) is 4.98 Å². The minimum absolute atomic E-state index is 0.490. The van der Waals surface area contributed by atoms with E-state index in [9.17, 15) is 0 Å².